The Balaban J connectivity index is 2.35. The highest BCUT2D eigenvalue weighted by Crippen LogP contribution is 2.35. The Hall–Kier alpha value is -1.62. The van der Waals surface area contributed by atoms with Crippen LogP contribution in [-0.2, 0) is 4.74 Å². The topological polar surface area (TPSA) is 84.3 Å². The monoisotopic (exact) mass is 288 g/mol. The fraction of sp³-hybridized carbons (Fsp3) is 0.455. The van der Waals surface area contributed by atoms with E-state index in [1.165, 1.54) is 0 Å². The lowest BCUT2D eigenvalue weighted by atomic mass is 10.0. The summed E-state index contributed by atoms with van der Waals surface area (Å²) in [6, 6.07) is 0. The Bertz CT molecular complexity index is 659. The molecule has 6 nitrogen and oxygen atoms in total. The molecule has 0 spiro atoms. The van der Waals surface area contributed by atoms with Gasteiger partial charge < -0.3 is 9.84 Å². The quantitative estimate of drug-likeness (QED) is 0.745. The number of nitrogens with zero attached hydrogens (tertiary/aromatic N) is 1. The lowest BCUT2D eigenvalue weighted by Gasteiger charge is -2.21. The van der Waals surface area contributed by atoms with Gasteiger partial charge in [-0.25, -0.2) is 4.79 Å². The Morgan fingerprint density at radius 3 is 3.05 bits per heavy atom. The third kappa shape index (κ3) is 2.56. The van der Waals surface area contributed by atoms with Crippen molar-refractivity contribution in [2.24, 2.45) is 0 Å². The maximum atomic E-state index is 13.2. The van der Waals surface area contributed by atoms with Crippen molar-refractivity contribution in [2.45, 2.75) is 24.7 Å². The summed E-state index contributed by atoms with van der Waals surface area (Å²) in [5, 5.41) is 11.4. The second kappa shape index (κ2) is 5.17. The average Bonchev–Trinajstić information content (AvgIpc) is 2.79. The maximum absolute atomic E-state index is 13.2. The first-order chi connectivity index (χ1) is 9.01. The molecule has 1 saturated heterocycles. The second-order valence-electron chi connectivity index (χ2n) is 4.13. The van der Waals surface area contributed by atoms with E-state index in [0.717, 1.165) is 10.8 Å². The fourth-order valence-corrected chi connectivity index (χ4v) is 2.11. The Labute approximate surface area is 111 Å². The first kappa shape index (κ1) is 13.8. The minimum Gasteiger partial charge on any atom is -0.392 e. The molecule has 8 heteroatoms. The van der Waals surface area contributed by atoms with E-state index in [2.05, 4.69) is 11.3 Å². The number of H-pyrrole nitrogens is 1. The number of ether oxygens (including phenoxy) is 1. The van der Waals surface area contributed by atoms with Crippen molar-refractivity contribution >= 4 is 11.6 Å². The highest BCUT2D eigenvalue weighted by atomic mass is 35.5. The van der Waals surface area contributed by atoms with Gasteiger partial charge in [0.1, 0.15) is 6.23 Å². The van der Waals surface area contributed by atoms with Gasteiger partial charge in [-0.1, -0.05) is 0 Å². The summed E-state index contributed by atoms with van der Waals surface area (Å²) in [5.41, 5.74) is -3.05. The molecule has 1 fully saturated rings. The van der Waals surface area contributed by atoms with Crippen molar-refractivity contribution in [3.63, 3.8) is 0 Å². The number of rotatable bonds is 2. The normalized spacial score (nSPS) is 25.9. The lowest BCUT2D eigenvalue weighted by Crippen LogP contribution is -2.36. The van der Waals surface area contributed by atoms with Gasteiger partial charge in [0.2, 0.25) is 5.82 Å². The summed E-state index contributed by atoms with van der Waals surface area (Å²) in [5.74, 6) is 1.43. The van der Waals surface area contributed by atoms with E-state index in [4.69, 9.17) is 16.3 Å². The Kier molecular flexibility index (Phi) is 3.75. The zero-order valence-corrected chi connectivity index (χ0v) is 10.4. The zero-order valence-electron chi connectivity index (χ0n) is 9.65. The van der Waals surface area contributed by atoms with Gasteiger partial charge in [0.15, 0.2) is 5.60 Å². The molecule has 1 aromatic heterocycles. The summed E-state index contributed by atoms with van der Waals surface area (Å²) in [6.45, 7) is -0.399. The highest BCUT2D eigenvalue weighted by molar-refractivity contribution is 6.30. The minimum atomic E-state index is -1.17. The largest absolute Gasteiger partial charge is 0.392 e. The molecule has 102 valence electrons. The number of hydrogen-bond donors (Lipinski definition) is 2. The predicted octanol–water partition coefficient (Wildman–Crippen LogP) is -0.0845. The third-order valence-electron chi connectivity index (χ3n) is 2.92. The molecule has 2 unspecified atom stereocenters. The van der Waals surface area contributed by atoms with Crippen molar-refractivity contribution in [1.82, 2.24) is 9.55 Å². The van der Waals surface area contributed by atoms with Crippen LogP contribution in [0.1, 0.15) is 19.1 Å². The molecule has 0 amide bonds. The van der Waals surface area contributed by atoms with Crippen LogP contribution in [-0.4, -0.2) is 26.9 Å². The number of aliphatic hydroxyl groups is 1. The maximum Gasteiger partial charge on any atom is 0.330 e. The molecule has 0 radical (unpaired) electrons. The van der Waals surface area contributed by atoms with Crippen LogP contribution in [0.5, 0.6) is 0 Å². The van der Waals surface area contributed by atoms with Gasteiger partial charge in [-0.2, -0.15) is 4.39 Å². The first-order valence-corrected chi connectivity index (χ1v) is 5.81. The van der Waals surface area contributed by atoms with E-state index >= 15 is 0 Å². The lowest BCUT2D eigenvalue weighted by molar-refractivity contribution is -0.0652. The summed E-state index contributed by atoms with van der Waals surface area (Å²) < 4.78 is 19.6. The van der Waals surface area contributed by atoms with Crippen LogP contribution in [0.4, 0.5) is 4.39 Å². The van der Waals surface area contributed by atoms with E-state index in [1.54, 1.807) is 0 Å². The van der Waals surface area contributed by atoms with Gasteiger partial charge in [0.05, 0.1) is 12.8 Å². The summed E-state index contributed by atoms with van der Waals surface area (Å²) in [4.78, 5) is 24.3. The number of halogens is 2. The molecule has 2 rings (SSSR count). The highest BCUT2D eigenvalue weighted by Gasteiger charge is 2.40. The number of nitrogens with one attached hydrogen (secondary N) is 1. The molecule has 1 aliphatic rings. The fourth-order valence-electron chi connectivity index (χ4n) is 1.94. The van der Waals surface area contributed by atoms with Crippen molar-refractivity contribution in [3.8, 4) is 11.3 Å². The van der Waals surface area contributed by atoms with Crippen LogP contribution in [0.25, 0.3) is 0 Å². The number of aromatic amines is 1. The summed E-state index contributed by atoms with van der Waals surface area (Å²) in [6.07, 6.45) is 0.620. The average molecular weight is 289 g/mol. The van der Waals surface area contributed by atoms with Crippen LogP contribution in [0.15, 0.2) is 15.8 Å². The summed E-state index contributed by atoms with van der Waals surface area (Å²) in [7, 11) is 0. The molecule has 0 aromatic carbocycles. The smallest absolute Gasteiger partial charge is 0.330 e. The second-order valence-corrected chi connectivity index (χ2v) is 4.32. The van der Waals surface area contributed by atoms with Crippen LogP contribution in [0.3, 0.4) is 0 Å². The number of aromatic nitrogens is 2. The molecule has 19 heavy (non-hydrogen) atoms. The molecular weight excluding hydrogens is 279 g/mol. The zero-order chi connectivity index (χ0) is 14.0. The molecule has 0 aliphatic carbocycles. The standard InChI is InChI=1S/C11H10ClFN2O4/c12-4-3-11(6-16)2-1-8(19-11)15-5-7(13)9(17)14-10(15)18/h5,8,16H,1-2,6H2,(H,14,17,18). The van der Waals surface area contributed by atoms with E-state index in [0.29, 0.717) is 12.8 Å². The third-order valence-corrected chi connectivity index (χ3v) is 3.02. The van der Waals surface area contributed by atoms with Crippen molar-refractivity contribution < 1.29 is 14.2 Å². The van der Waals surface area contributed by atoms with E-state index in [1.807, 2.05) is 4.98 Å². The van der Waals surface area contributed by atoms with Gasteiger partial charge in [-0.05, 0) is 30.4 Å². The van der Waals surface area contributed by atoms with Crippen LogP contribution in [0, 0.1) is 17.1 Å². The minimum absolute atomic E-state index is 0.331. The molecule has 2 N–H and O–H groups in total. The molecular formula is C11H10ClFN2O4. The van der Waals surface area contributed by atoms with Crippen molar-refractivity contribution in [1.29, 1.82) is 0 Å². The van der Waals surface area contributed by atoms with Crippen LogP contribution in [0.2, 0.25) is 0 Å². The Morgan fingerprint density at radius 2 is 2.42 bits per heavy atom. The van der Waals surface area contributed by atoms with Crippen molar-refractivity contribution in [2.75, 3.05) is 6.61 Å². The van der Waals surface area contributed by atoms with Gasteiger partial charge in [-0.3, -0.25) is 14.3 Å². The molecule has 1 aromatic rings. The molecule has 1 aliphatic heterocycles. The van der Waals surface area contributed by atoms with Gasteiger partial charge in [-0.15, -0.1) is 0 Å². The molecule has 2 atom stereocenters. The van der Waals surface area contributed by atoms with E-state index in [-0.39, 0.29) is 0 Å². The van der Waals surface area contributed by atoms with Crippen LogP contribution < -0.4 is 11.2 Å². The Morgan fingerprint density at radius 1 is 1.68 bits per heavy atom. The predicted molar refractivity (Wildman–Crippen MR) is 64.1 cm³/mol. The number of hydrogen-bond acceptors (Lipinski definition) is 4. The molecule has 0 bridgehead atoms. The summed E-state index contributed by atoms with van der Waals surface area (Å²) >= 11 is 5.29. The van der Waals surface area contributed by atoms with Gasteiger partial charge in [0, 0.05) is 5.38 Å². The first-order valence-electron chi connectivity index (χ1n) is 5.44. The van der Waals surface area contributed by atoms with Gasteiger partial charge in [0.25, 0.3) is 5.56 Å². The van der Waals surface area contributed by atoms with E-state index < -0.39 is 35.5 Å². The van der Waals surface area contributed by atoms with E-state index in [9.17, 15) is 19.1 Å². The molecule has 2 heterocycles. The van der Waals surface area contributed by atoms with Gasteiger partial charge >= 0.3 is 5.69 Å². The van der Waals surface area contributed by atoms with Crippen molar-refractivity contribution in [3.05, 3.63) is 32.9 Å². The number of aliphatic hydroxyl groups excluding tert-OH is 1. The molecule has 0 saturated carbocycles. The van der Waals surface area contributed by atoms with Crippen LogP contribution >= 0.6 is 11.6 Å². The SMILES string of the molecule is O=c1[nH]c(=O)n(C2CCC(C#CCl)(CO)O2)cc1F.